The number of aldehydes is 1. The van der Waals surface area contributed by atoms with Crippen LogP contribution in [0.15, 0.2) is 48.5 Å². The molecule has 0 aromatic heterocycles. The molecule has 2 aromatic rings. The summed E-state index contributed by atoms with van der Waals surface area (Å²) in [5.41, 5.74) is 1.46. The maximum atomic E-state index is 13.6. The maximum absolute atomic E-state index is 13.6. The highest BCUT2D eigenvalue weighted by atomic mass is 19.1. The average molecular weight is 244 g/mol. The van der Waals surface area contributed by atoms with E-state index < -0.39 is 11.7 Å². The van der Waals surface area contributed by atoms with Crippen LogP contribution in [0.25, 0.3) is 0 Å². The highest BCUT2D eigenvalue weighted by molar-refractivity contribution is 5.68. The number of carbonyl (C=O) groups is 1. The SMILES string of the molecule is COc1ccc(C(C=O)c2ccccc2)cc1F. The molecule has 0 heterocycles. The topological polar surface area (TPSA) is 26.3 Å². The van der Waals surface area contributed by atoms with Crippen molar-refractivity contribution in [2.24, 2.45) is 0 Å². The molecular formula is C15H13FO2. The third-order valence-corrected chi connectivity index (χ3v) is 2.83. The average Bonchev–Trinajstić information content (AvgIpc) is 2.41. The molecule has 1 atom stereocenters. The lowest BCUT2D eigenvalue weighted by Crippen LogP contribution is -2.03. The predicted octanol–water partition coefficient (Wildman–Crippen LogP) is 3.17. The minimum Gasteiger partial charge on any atom is -0.494 e. The van der Waals surface area contributed by atoms with Gasteiger partial charge in [-0.2, -0.15) is 0 Å². The van der Waals surface area contributed by atoms with Crippen molar-refractivity contribution in [1.82, 2.24) is 0 Å². The Morgan fingerprint density at radius 3 is 2.39 bits per heavy atom. The number of carbonyl (C=O) groups excluding carboxylic acids is 1. The summed E-state index contributed by atoms with van der Waals surface area (Å²) in [6.45, 7) is 0. The van der Waals surface area contributed by atoms with Crippen molar-refractivity contribution >= 4 is 6.29 Å². The summed E-state index contributed by atoms with van der Waals surface area (Å²) in [5.74, 6) is -0.735. The molecule has 0 spiro atoms. The first kappa shape index (κ1) is 12.3. The normalized spacial score (nSPS) is 11.9. The maximum Gasteiger partial charge on any atom is 0.165 e. The Kier molecular flexibility index (Phi) is 3.72. The summed E-state index contributed by atoms with van der Waals surface area (Å²) >= 11 is 0. The third kappa shape index (κ3) is 2.40. The number of halogens is 1. The molecule has 92 valence electrons. The Hall–Kier alpha value is -2.16. The van der Waals surface area contributed by atoms with Gasteiger partial charge in [-0.05, 0) is 23.3 Å². The van der Waals surface area contributed by atoms with E-state index in [1.807, 2.05) is 30.3 Å². The van der Waals surface area contributed by atoms with E-state index in [9.17, 15) is 9.18 Å². The molecule has 1 unspecified atom stereocenters. The molecule has 0 amide bonds. The fraction of sp³-hybridized carbons (Fsp3) is 0.133. The minimum absolute atomic E-state index is 0.177. The van der Waals surface area contributed by atoms with Crippen LogP contribution in [0.2, 0.25) is 0 Å². The fourth-order valence-electron chi connectivity index (χ4n) is 1.89. The van der Waals surface area contributed by atoms with E-state index >= 15 is 0 Å². The molecule has 0 fully saturated rings. The van der Waals surface area contributed by atoms with Crippen molar-refractivity contribution < 1.29 is 13.9 Å². The number of benzene rings is 2. The van der Waals surface area contributed by atoms with Crippen molar-refractivity contribution in [2.45, 2.75) is 5.92 Å². The summed E-state index contributed by atoms with van der Waals surface area (Å²) in [5, 5.41) is 0. The summed E-state index contributed by atoms with van der Waals surface area (Å²) in [6.07, 6.45) is 0.816. The van der Waals surface area contributed by atoms with Crippen molar-refractivity contribution in [2.75, 3.05) is 7.11 Å². The smallest absolute Gasteiger partial charge is 0.165 e. The van der Waals surface area contributed by atoms with Crippen molar-refractivity contribution in [1.29, 1.82) is 0 Å². The van der Waals surface area contributed by atoms with Gasteiger partial charge in [0.1, 0.15) is 6.29 Å². The Bertz CT molecular complexity index is 537. The molecule has 0 N–H and O–H groups in total. The first-order valence-electron chi connectivity index (χ1n) is 5.60. The molecule has 0 aliphatic rings. The van der Waals surface area contributed by atoms with Crippen LogP contribution in [0.5, 0.6) is 5.75 Å². The van der Waals surface area contributed by atoms with E-state index in [1.54, 1.807) is 6.07 Å². The van der Waals surface area contributed by atoms with Crippen molar-refractivity contribution in [3.8, 4) is 5.75 Å². The minimum atomic E-state index is -0.460. The molecule has 0 aliphatic heterocycles. The molecule has 0 bridgehead atoms. The van der Waals surface area contributed by atoms with E-state index in [-0.39, 0.29) is 5.75 Å². The first-order valence-corrected chi connectivity index (χ1v) is 5.60. The van der Waals surface area contributed by atoms with Gasteiger partial charge in [-0.15, -0.1) is 0 Å². The number of rotatable bonds is 4. The molecular weight excluding hydrogens is 231 g/mol. The summed E-state index contributed by atoms with van der Waals surface area (Å²) < 4.78 is 18.5. The number of hydrogen-bond donors (Lipinski definition) is 0. The molecule has 18 heavy (non-hydrogen) atoms. The zero-order valence-corrected chi connectivity index (χ0v) is 9.97. The van der Waals surface area contributed by atoms with E-state index in [4.69, 9.17) is 4.74 Å². The molecule has 0 saturated carbocycles. The largest absolute Gasteiger partial charge is 0.494 e. The van der Waals surface area contributed by atoms with Crippen LogP contribution in [0.3, 0.4) is 0 Å². The van der Waals surface area contributed by atoms with Gasteiger partial charge in [0.2, 0.25) is 0 Å². The Morgan fingerprint density at radius 2 is 1.83 bits per heavy atom. The second-order valence-corrected chi connectivity index (χ2v) is 3.92. The first-order chi connectivity index (χ1) is 8.76. The molecule has 0 aliphatic carbocycles. The lowest BCUT2D eigenvalue weighted by Gasteiger charge is -2.12. The highest BCUT2D eigenvalue weighted by Gasteiger charge is 2.15. The molecule has 0 radical (unpaired) electrons. The van der Waals surface area contributed by atoms with Gasteiger partial charge in [0, 0.05) is 0 Å². The van der Waals surface area contributed by atoms with E-state index in [2.05, 4.69) is 0 Å². The zero-order valence-electron chi connectivity index (χ0n) is 9.97. The van der Waals surface area contributed by atoms with Gasteiger partial charge in [0.15, 0.2) is 11.6 Å². The quantitative estimate of drug-likeness (QED) is 0.772. The molecule has 2 nitrogen and oxygen atoms in total. The molecule has 3 heteroatoms. The van der Waals surface area contributed by atoms with Gasteiger partial charge in [0.25, 0.3) is 0 Å². The number of ether oxygens (including phenoxy) is 1. The van der Waals surface area contributed by atoms with Crippen LogP contribution < -0.4 is 4.74 Å². The third-order valence-electron chi connectivity index (χ3n) is 2.83. The standard InChI is InChI=1S/C15H13FO2/c1-18-15-8-7-12(9-14(15)16)13(10-17)11-5-3-2-4-6-11/h2-10,13H,1H3. The van der Waals surface area contributed by atoms with Gasteiger partial charge in [-0.3, -0.25) is 0 Å². The predicted molar refractivity (Wildman–Crippen MR) is 67.3 cm³/mol. The van der Waals surface area contributed by atoms with Crippen LogP contribution in [0.4, 0.5) is 4.39 Å². The van der Waals surface area contributed by atoms with Gasteiger partial charge >= 0.3 is 0 Å². The fourth-order valence-corrected chi connectivity index (χ4v) is 1.89. The van der Waals surface area contributed by atoms with Crippen LogP contribution >= 0.6 is 0 Å². The van der Waals surface area contributed by atoms with Crippen LogP contribution in [0.1, 0.15) is 17.0 Å². The number of methoxy groups -OCH3 is 1. The van der Waals surface area contributed by atoms with Crippen LogP contribution in [-0.4, -0.2) is 13.4 Å². The molecule has 2 rings (SSSR count). The summed E-state index contributed by atoms with van der Waals surface area (Å²) in [6, 6.07) is 13.8. The van der Waals surface area contributed by atoms with E-state index in [1.165, 1.54) is 19.2 Å². The zero-order chi connectivity index (χ0) is 13.0. The van der Waals surface area contributed by atoms with Crippen LogP contribution in [-0.2, 0) is 4.79 Å². The van der Waals surface area contributed by atoms with Gasteiger partial charge < -0.3 is 9.53 Å². The lowest BCUT2D eigenvalue weighted by atomic mass is 9.92. The number of hydrogen-bond acceptors (Lipinski definition) is 2. The van der Waals surface area contributed by atoms with E-state index in [0.717, 1.165) is 11.8 Å². The summed E-state index contributed by atoms with van der Waals surface area (Å²) in [4.78, 5) is 11.2. The van der Waals surface area contributed by atoms with Gasteiger partial charge in [-0.25, -0.2) is 4.39 Å². The van der Waals surface area contributed by atoms with E-state index in [0.29, 0.717) is 5.56 Å². The molecule has 2 aromatic carbocycles. The Labute approximate surface area is 105 Å². The van der Waals surface area contributed by atoms with Crippen molar-refractivity contribution in [3.63, 3.8) is 0 Å². The Morgan fingerprint density at radius 1 is 1.11 bits per heavy atom. The highest BCUT2D eigenvalue weighted by Crippen LogP contribution is 2.26. The summed E-state index contributed by atoms with van der Waals surface area (Å²) in [7, 11) is 1.41. The Balaban J connectivity index is 2.40. The van der Waals surface area contributed by atoms with Gasteiger partial charge in [-0.1, -0.05) is 36.4 Å². The van der Waals surface area contributed by atoms with Gasteiger partial charge in [0.05, 0.1) is 13.0 Å². The lowest BCUT2D eigenvalue weighted by molar-refractivity contribution is -0.108. The second-order valence-electron chi connectivity index (χ2n) is 3.92. The van der Waals surface area contributed by atoms with Crippen LogP contribution in [0, 0.1) is 5.82 Å². The van der Waals surface area contributed by atoms with Crippen molar-refractivity contribution in [3.05, 3.63) is 65.5 Å². The second kappa shape index (κ2) is 5.45. The molecule has 0 saturated heterocycles. The monoisotopic (exact) mass is 244 g/mol.